The monoisotopic (exact) mass is 331 g/mol. The van der Waals surface area contributed by atoms with Crippen LogP contribution >= 0.6 is 0 Å². The summed E-state index contributed by atoms with van der Waals surface area (Å²) in [7, 11) is 0. The minimum Gasteiger partial charge on any atom is -0.327 e. The molecule has 5 heteroatoms. The molecule has 1 aromatic rings. The van der Waals surface area contributed by atoms with E-state index in [1.54, 1.807) is 0 Å². The number of likely N-dealkylation sites (tertiary alicyclic amines) is 1. The topological polar surface area (TPSA) is 51.4 Å². The van der Waals surface area contributed by atoms with E-state index in [9.17, 15) is 4.79 Å². The molecule has 132 valence electrons. The SMILES string of the molecule is O=C(C[NH+]1CC[C@H]2CCCC[C@@H]2C1)Nc1ccnn1C1CCCC1. The fourth-order valence-corrected chi connectivity index (χ4v) is 5.22. The number of rotatable bonds is 4. The summed E-state index contributed by atoms with van der Waals surface area (Å²) in [6, 6.07) is 2.42. The molecule has 1 unspecified atom stereocenters. The molecule has 2 saturated carbocycles. The summed E-state index contributed by atoms with van der Waals surface area (Å²) in [5, 5.41) is 7.57. The van der Waals surface area contributed by atoms with Crippen LogP contribution in [0.15, 0.2) is 12.3 Å². The van der Waals surface area contributed by atoms with E-state index in [4.69, 9.17) is 0 Å². The van der Waals surface area contributed by atoms with Gasteiger partial charge in [-0.15, -0.1) is 0 Å². The number of nitrogens with zero attached hydrogens (tertiary/aromatic N) is 2. The van der Waals surface area contributed by atoms with Crippen molar-refractivity contribution in [1.29, 1.82) is 0 Å². The van der Waals surface area contributed by atoms with Crippen molar-refractivity contribution in [3.8, 4) is 0 Å². The van der Waals surface area contributed by atoms with E-state index >= 15 is 0 Å². The molecular weight excluding hydrogens is 300 g/mol. The minimum absolute atomic E-state index is 0.152. The first-order valence-electron chi connectivity index (χ1n) is 9.96. The summed E-state index contributed by atoms with van der Waals surface area (Å²) in [4.78, 5) is 14.0. The third kappa shape index (κ3) is 3.51. The van der Waals surface area contributed by atoms with Gasteiger partial charge in [0.15, 0.2) is 6.54 Å². The van der Waals surface area contributed by atoms with Crippen LogP contribution in [0.1, 0.15) is 63.8 Å². The second-order valence-corrected chi connectivity index (χ2v) is 8.12. The molecule has 3 aliphatic rings. The number of aromatic nitrogens is 2. The maximum atomic E-state index is 12.5. The predicted octanol–water partition coefficient (Wildman–Crippen LogP) is 2.03. The number of amides is 1. The molecule has 3 atom stereocenters. The maximum absolute atomic E-state index is 12.5. The van der Waals surface area contributed by atoms with Gasteiger partial charge in [0.1, 0.15) is 5.82 Å². The Morgan fingerprint density at radius 3 is 2.71 bits per heavy atom. The van der Waals surface area contributed by atoms with Crippen LogP contribution in [0, 0.1) is 11.8 Å². The zero-order valence-electron chi connectivity index (χ0n) is 14.7. The third-order valence-electron chi connectivity index (χ3n) is 6.50. The summed E-state index contributed by atoms with van der Waals surface area (Å²) in [5.74, 6) is 2.84. The second kappa shape index (κ2) is 7.26. The van der Waals surface area contributed by atoms with Crippen LogP contribution in [0.5, 0.6) is 0 Å². The van der Waals surface area contributed by atoms with Gasteiger partial charge in [-0.1, -0.05) is 25.7 Å². The molecule has 0 bridgehead atoms. The van der Waals surface area contributed by atoms with Crippen molar-refractivity contribution in [3.05, 3.63) is 12.3 Å². The van der Waals surface area contributed by atoms with Gasteiger partial charge in [0.25, 0.3) is 5.91 Å². The first-order valence-corrected chi connectivity index (χ1v) is 9.96. The zero-order valence-corrected chi connectivity index (χ0v) is 14.7. The van der Waals surface area contributed by atoms with E-state index in [1.165, 1.54) is 69.2 Å². The van der Waals surface area contributed by atoms with Crippen LogP contribution in [0.25, 0.3) is 0 Å². The van der Waals surface area contributed by atoms with Gasteiger partial charge in [-0.3, -0.25) is 4.79 Å². The number of piperidine rings is 1. The molecule has 3 fully saturated rings. The van der Waals surface area contributed by atoms with Crippen molar-refractivity contribution in [2.45, 2.75) is 63.8 Å². The van der Waals surface area contributed by atoms with Gasteiger partial charge in [-0.2, -0.15) is 5.10 Å². The largest absolute Gasteiger partial charge is 0.327 e. The highest BCUT2D eigenvalue weighted by molar-refractivity contribution is 5.90. The van der Waals surface area contributed by atoms with Crippen molar-refractivity contribution < 1.29 is 9.69 Å². The summed E-state index contributed by atoms with van der Waals surface area (Å²) in [6.07, 6.45) is 13.7. The highest BCUT2D eigenvalue weighted by Gasteiger charge is 2.34. The number of carbonyl (C=O) groups excluding carboxylic acids is 1. The van der Waals surface area contributed by atoms with E-state index in [-0.39, 0.29) is 5.91 Å². The highest BCUT2D eigenvalue weighted by Crippen LogP contribution is 2.33. The van der Waals surface area contributed by atoms with Gasteiger partial charge in [-0.25, -0.2) is 4.68 Å². The number of quaternary nitrogens is 1. The van der Waals surface area contributed by atoms with Crippen LogP contribution in [0.4, 0.5) is 5.82 Å². The normalized spacial score (nSPS) is 30.9. The molecule has 0 spiro atoms. The Hall–Kier alpha value is -1.36. The molecule has 1 aromatic heterocycles. The molecule has 0 aromatic carbocycles. The Morgan fingerprint density at radius 2 is 1.88 bits per heavy atom. The second-order valence-electron chi connectivity index (χ2n) is 8.12. The van der Waals surface area contributed by atoms with Gasteiger partial charge in [0, 0.05) is 12.0 Å². The van der Waals surface area contributed by atoms with Crippen LogP contribution in [0.3, 0.4) is 0 Å². The lowest BCUT2D eigenvalue weighted by Crippen LogP contribution is -3.15. The average Bonchev–Trinajstić information content (AvgIpc) is 3.25. The van der Waals surface area contributed by atoms with Gasteiger partial charge >= 0.3 is 0 Å². The van der Waals surface area contributed by atoms with E-state index in [0.717, 1.165) is 24.2 Å². The molecule has 4 rings (SSSR count). The molecule has 2 N–H and O–H groups in total. The maximum Gasteiger partial charge on any atom is 0.280 e. The van der Waals surface area contributed by atoms with E-state index in [0.29, 0.717) is 12.6 Å². The molecule has 24 heavy (non-hydrogen) atoms. The average molecular weight is 331 g/mol. The lowest BCUT2D eigenvalue weighted by molar-refractivity contribution is -0.902. The Bertz CT molecular complexity index is 563. The summed E-state index contributed by atoms with van der Waals surface area (Å²) >= 11 is 0. The molecule has 1 saturated heterocycles. The molecular formula is C19H31N4O+. The van der Waals surface area contributed by atoms with Gasteiger partial charge in [-0.05, 0) is 38.0 Å². The fraction of sp³-hybridized carbons (Fsp3) is 0.789. The quantitative estimate of drug-likeness (QED) is 0.887. The Labute approximate surface area is 144 Å². The smallest absolute Gasteiger partial charge is 0.280 e. The first kappa shape index (κ1) is 16.1. The molecule has 1 amide bonds. The highest BCUT2D eigenvalue weighted by atomic mass is 16.2. The standard InChI is InChI=1S/C19H30N4O/c24-19(14-22-12-10-15-5-1-2-6-16(15)13-22)21-18-9-11-20-23(18)17-7-3-4-8-17/h9,11,15-17H,1-8,10,12-14H2,(H,21,24)/p+1/t15-,16-/m1/s1. The van der Waals surface area contributed by atoms with E-state index in [1.807, 2.05) is 16.9 Å². The predicted molar refractivity (Wildman–Crippen MR) is 94.0 cm³/mol. The summed E-state index contributed by atoms with van der Waals surface area (Å²) < 4.78 is 2.04. The molecule has 2 heterocycles. The summed E-state index contributed by atoms with van der Waals surface area (Å²) in [5.41, 5.74) is 0. The van der Waals surface area contributed by atoms with Gasteiger partial charge in [0.2, 0.25) is 0 Å². The van der Waals surface area contributed by atoms with Crippen molar-refractivity contribution in [1.82, 2.24) is 9.78 Å². The number of anilines is 1. The lowest BCUT2D eigenvalue weighted by atomic mass is 9.75. The molecule has 0 radical (unpaired) electrons. The molecule has 2 aliphatic carbocycles. The number of carbonyl (C=O) groups is 1. The fourth-order valence-electron chi connectivity index (χ4n) is 5.22. The number of hydrogen-bond acceptors (Lipinski definition) is 2. The number of nitrogens with one attached hydrogen (secondary N) is 2. The molecule has 5 nitrogen and oxygen atoms in total. The number of hydrogen-bond donors (Lipinski definition) is 2. The third-order valence-corrected chi connectivity index (χ3v) is 6.50. The van der Waals surface area contributed by atoms with Crippen molar-refractivity contribution in [2.75, 3.05) is 25.0 Å². The number of fused-ring (bicyclic) bond motifs is 1. The first-order chi connectivity index (χ1) is 11.8. The Morgan fingerprint density at radius 1 is 1.12 bits per heavy atom. The van der Waals surface area contributed by atoms with E-state index in [2.05, 4.69) is 10.4 Å². The van der Waals surface area contributed by atoms with Crippen molar-refractivity contribution in [2.24, 2.45) is 11.8 Å². The van der Waals surface area contributed by atoms with Crippen molar-refractivity contribution in [3.63, 3.8) is 0 Å². The van der Waals surface area contributed by atoms with Crippen LogP contribution < -0.4 is 10.2 Å². The Balaban J connectivity index is 1.31. The van der Waals surface area contributed by atoms with Crippen molar-refractivity contribution >= 4 is 11.7 Å². The Kier molecular flexibility index (Phi) is 4.88. The molecule has 1 aliphatic heterocycles. The minimum atomic E-state index is 0.152. The van der Waals surface area contributed by atoms with E-state index < -0.39 is 0 Å². The van der Waals surface area contributed by atoms with Crippen LogP contribution in [-0.2, 0) is 4.79 Å². The zero-order chi connectivity index (χ0) is 16.4. The summed E-state index contributed by atoms with van der Waals surface area (Å²) in [6.45, 7) is 2.97. The van der Waals surface area contributed by atoms with Gasteiger partial charge < -0.3 is 10.2 Å². The lowest BCUT2D eigenvalue weighted by Gasteiger charge is -2.38. The van der Waals surface area contributed by atoms with Gasteiger partial charge in [0.05, 0.1) is 25.3 Å². The van der Waals surface area contributed by atoms with Crippen LogP contribution in [-0.4, -0.2) is 35.3 Å². The van der Waals surface area contributed by atoms with Crippen LogP contribution in [0.2, 0.25) is 0 Å².